The zero-order valence-corrected chi connectivity index (χ0v) is 12.9. The first-order chi connectivity index (χ1) is 11.7. The number of hydrogen-bond acceptors (Lipinski definition) is 6. The van der Waals surface area contributed by atoms with Crippen LogP contribution < -0.4 is 10.6 Å². The summed E-state index contributed by atoms with van der Waals surface area (Å²) in [6.45, 7) is 2.72. The van der Waals surface area contributed by atoms with E-state index in [1.54, 1.807) is 23.0 Å². The summed E-state index contributed by atoms with van der Waals surface area (Å²) in [5.74, 6) is 0.164. The van der Waals surface area contributed by atoms with Crippen molar-refractivity contribution in [3.05, 3.63) is 42.6 Å². The van der Waals surface area contributed by atoms with Gasteiger partial charge < -0.3 is 19.8 Å². The maximum atomic E-state index is 11.5. The molecule has 24 heavy (non-hydrogen) atoms. The highest BCUT2D eigenvalue weighted by molar-refractivity contribution is 5.92. The molecule has 0 aromatic carbocycles. The standard InChI is InChI=1S/C16H16N6O2/c17-14(23)13-10-22-9-12(11-1-3-18-4-2-11)19-15(16(22)20-13)21-5-7-24-8-6-21/h1-4,9-10H,5-8H2,(H2,17,23). The summed E-state index contributed by atoms with van der Waals surface area (Å²) in [6, 6.07) is 3.78. The van der Waals surface area contributed by atoms with Gasteiger partial charge in [0.1, 0.15) is 5.69 Å². The van der Waals surface area contributed by atoms with Gasteiger partial charge in [-0.25, -0.2) is 9.97 Å². The van der Waals surface area contributed by atoms with E-state index in [1.807, 2.05) is 18.3 Å². The van der Waals surface area contributed by atoms with Crippen LogP contribution >= 0.6 is 0 Å². The highest BCUT2D eigenvalue weighted by Gasteiger charge is 2.20. The van der Waals surface area contributed by atoms with Crippen LogP contribution in [0.15, 0.2) is 36.9 Å². The molecule has 1 saturated heterocycles. The number of fused-ring (bicyclic) bond motifs is 1. The van der Waals surface area contributed by atoms with Crippen molar-refractivity contribution in [2.24, 2.45) is 5.73 Å². The lowest BCUT2D eigenvalue weighted by Crippen LogP contribution is -2.37. The Labute approximate surface area is 137 Å². The molecule has 0 spiro atoms. The van der Waals surface area contributed by atoms with Gasteiger partial charge in [0.25, 0.3) is 5.91 Å². The van der Waals surface area contributed by atoms with E-state index in [0.29, 0.717) is 18.9 Å². The van der Waals surface area contributed by atoms with Gasteiger partial charge in [-0.2, -0.15) is 0 Å². The first-order valence-corrected chi connectivity index (χ1v) is 7.65. The van der Waals surface area contributed by atoms with Crippen LogP contribution in [0.1, 0.15) is 10.5 Å². The molecule has 3 aromatic heterocycles. The minimum atomic E-state index is -0.558. The molecule has 0 unspecified atom stereocenters. The largest absolute Gasteiger partial charge is 0.378 e. The number of imidazole rings is 1. The molecule has 2 N–H and O–H groups in total. The van der Waals surface area contributed by atoms with Crippen LogP contribution in [0, 0.1) is 0 Å². The molecule has 1 amide bonds. The molecular formula is C16H16N6O2. The molecule has 1 aliphatic heterocycles. The maximum Gasteiger partial charge on any atom is 0.268 e. The second-order valence-electron chi connectivity index (χ2n) is 5.51. The van der Waals surface area contributed by atoms with E-state index in [0.717, 1.165) is 30.2 Å². The average Bonchev–Trinajstić information content (AvgIpc) is 3.07. The number of hydrogen-bond donors (Lipinski definition) is 1. The number of carbonyl (C=O) groups is 1. The predicted octanol–water partition coefficient (Wildman–Crippen LogP) is 0.727. The Morgan fingerprint density at radius 3 is 2.58 bits per heavy atom. The predicted molar refractivity (Wildman–Crippen MR) is 87.8 cm³/mol. The molecule has 8 nitrogen and oxygen atoms in total. The van der Waals surface area contributed by atoms with Gasteiger partial charge in [-0.3, -0.25) is 9.78 Å². The number of nitrogens with two attached hydrogens (primary N) is 1. The van der Waals surface area contributed by atoms with Gasteiger partial charge in [-0.15, -0.1) is 0 Å². The summed E-state index contributed by atoms with van der Waals surface area (Å²) in [7, 11) is 0. The fourth-order valence-corrected chi connectivity index (χ4v) is 2.75. The summed E-state index contributed by atoms with van der Waals surface area (Å²) >= 11 is 0. The van der Waals surface area contributed by atoms with Crippen LogP contribution in [0.5, 0.6) is 0 Å². The van der Waals surface area contributed by atoms with Gasteiger partial charge in [-0.05, 0) is 12.1 Å². The molecule has 1 fully saturated rings. The van der Waals surface area contributed by atoms with Gasteiger partial charge in [-0.1, -0.05) is 0 Å². The Morgan fingerprint density at radius 1 is 1.12 bits per heavy atom. The third-order valence-electron chi connectivity index (χ3n) is 3.96. The van der Waals surface area contributed by atoms with E-state index in [2.05, 4.69) is 14.9 Å². The minimum Gasteiger partial charge on any atom is -0.378 e. The van der Waals surface area contributed by atoms with Crippen molar-refractivity contribution in [2.45, 2.75) is 0 Å². The summed E-state index contributed by atoms with van der Waals surface area (Å²) in [5, 5.41) is 0. The molecule has 0 atom stereocenters. The summed E-state index contributed by atoms with van der Waals surface area (Å²) < 4.78 is 7.21. The lowest BCUT2D eigenvalue weighted by Gasteiger charge is -2.28. The number of primary amides is 1. The Hall–Kier alpha value is -3.00. The highest BCUT2D eigenvalue weighted by Crippen LogP contribution is 2.25. The summed E-state index contributed by atoms with van der Waals surface area (Å²) in [5.41, 5.74) is 7.93. The molecule has 122 valence electrons. The average molecular weight is 324 g/mol. The second kappa shape index (κ2) is 5.89. The zero-order valence-electron chi connectivity index (χ0n) is 12.9. The van der Waals surface area contributed by atoms with E-state index >= 15 is 0 Å². The second-order valence-corrected chi connectivity index (χ2v) is 5.51. The van der Waals surface area contributed by atoms with Gasteiger partial charge in [0, 0.05) is 43.4 Å². The Morgan fingerprint density at radius 2 is 1.88 bits per heavy atom. The zero-order chi connectivity index (χ0) is 16.5. The number of ether oxygens (including phenoxy) is 1. The Kier molecular flexibility index (Phi) is 3.58. The first-order valence-electron chi connectivity index (χ1n) is 7.65. The molecule has 1 aliphatic rings. The van der Waals surface area contributed by atoms with Crippen LogP contribution in [0.2, 0.25) is 0 Å². The van der Waals surface area contributed by atoms with Crippen molar-refractivity contribution in [2.75, 3.05) is 31.2 Å². The van der Waals surface area contributed by atoms with E-state index in [1.165, 1.54) is 0 Å². The fraction of sp³-hybridized carbons (Fsp3) is 0.250. The summed E-state index contributed by atoms with van der Waals surface area (Å²) in [4.78, 5) is 26.8. The normalized spacial score (nSPS) is 14.9. The van der Waals surface area contributed by atoms with Crippen LogP contribution in [-0.4, -0.2) is 51.6 Å². The third kappa shape index (κ3) is 2.56. The van der Waals surface area contributed by atoms with Crippen LogP contribution in [0.3, 0.4) is 0 Å². The molecule has 4 heterocycles. The van der Waals surface area contributed by atoms with Crippen LogP contribution in [0.4, 0.5) is 5.82 Å². The van der Waals surface area contributed by atoms with Crippen molar-refractivity contribution in [1.29, 1.82) is 0 Å². The van der Waals surface area contributed by atoms with E-state index in [9.17, 15) is 4.79 Å². The number of aromatic nitrogens is 4. The smallest absolute Gasteiger partial charge is 0.268 e. The molecule has 8 heteroatoms. The maximum absolute atomic E-state index is 11.5. The van der Waals surface area contributed by atoms with Crippen molar-refractivity contribution >= 4 is 17.4 Å². The number of anilines is 1. The van der Waals surface area contributed by atoms with Crippen LogP contribution in [0.25, 0.3) is 16.9 Å². The monoisotopic (exact) mass is 324 g/mol. The first kappa shape index (κ1) is 14.6. The number of pyridine rings is 1. The van der Waals surface area contributed by atoms with Crippen molar-refractivity contribution in [3.63, 3.8) is 0 Å². The van der Waals surface area contributed by atoms with Gasteiger partial charge in [0.05, 0.1) is 18.9 Å². The lowest BCUT2D eigenvalue weighted by molar-refractivity contribution is 0.0996. The molecule has 3 aromatic rings. The minimum absolute atomic E-state index is 0.221. The molecule has 4 rings (SSSR count). The van der Waals surface area contributed by atoms with Crippen molar-refractivity contribution in [3.8, 4) is 11.3 Å². The molecule has 0 aliphatic carbocycles. The van der Waals surface area contributed by atoms with Crippen molar-refractivity contribution in [1.82, 2.24) is 19.4 Å². The highest BCUT2D eigenvalue weighted by atomic mass is 16.5. The van der Waals surface area contributed by atoms with Gasteiger partial charge in [0.15, 0.2) is 11.5 Å². The van der Waals surface area contributed by atoms with Crippen molar-refractivity contribution < 1.29 is 9.53 Å². The number of amides is 1. The topological polar surface area (TPSA) is 98.6 Å². The Bertz CT molecular complexity index is 886. The van der Waals surface area contributed by atoms with Crippen LogP contribution in [-0.2, 0) is 4.74 Å². The Balaban J connectivity index is 1.90. The quantitative estimate of drug-likeness (QED) is 0.762. The lowest BCUT2D eigenvalue weighted by atomic mass is 10.2. The fourth-order valence-electron chi connectivity index (χ4n) is 2.75. The number of carbonyl (C=O) groups excluding carboxylic acids is 1. The van der Waals surface area contributed by atoms with E-state index in [-0.39, 0.29) is 5.69 Å². The SMILES string of the molecule is NC(=O)c1cn2cc(-c3ccncc3)nc(N3CCOCC3)c2n1. The molecule has 0 saturated carbocycles. The van der Waals surface area contributed by atoms with E-state index < -0.39 is 5.91 Å². The molecule has 0 radical (unpaired) electrons. The van der Waals surface area contributed by atoms with Gasteiger partial charge >= 0.3 is 0 Å². The molecular weight excluding hydrogens is 308 g/mol. The number of nitrogens with zero attached hydrogens (tertiary/aromatic N) is 5. The number of morpholine rings is 1. The molecule has 0 bridgehead atoms. The number of rotatable bonds is 3. The third-order valence-corrected chi connectivity index (χ3v) is 3.96. The van der Waals surface area contributed by atoms with Gasteiger partial charge in [0.2, 0.25) is 0 Å². The van der Waals surface area contributed by atoms with E-state index in [4.69, 9.17) is 15.5 Å². The summed E-state index contributed by atoms with van der Waals surface area (Å²) in [6.07, 6.45) is 6.92.